The van der Waals surface area contributed by atoms with Gasteiger partial charge in [-0.2, -0.15) is 0 Å². The standard InChI is InChI=1S/C17H29O7P/c1-5-23-25(18,24-6-2)14-15-13-16(21-11-9-19-3)7-8-17(15)22-12-10-20-4/h7-8,13H,5-6,9-12,14H2,1-4H3. The van der Waals surface area contributed by atoms with Crippen molar-refractivity contribution in [2.75, 3.05) is 53.9 Å². The second kappa shape index (κ2) is 12.3. The highest BCUT2D eigenvalue weighted by Gasteiger charge is 2.26. The Morgan fingerprint density at radius 1 is 0.880 bits per heavy atom. The Balaban J connectivity index is 2.98. The first kappa shape index (κ1) is 21.9. The third kappa shape index (κ3) is 8.21. The lowest BCUT2D eigenvalue weighted by molar-refractivity contribution is 0.144. The van der Waals surface area contributed by atoms with Gasteiger partial charge in [0.15, 0.2) is 0 Å². The SMILES string of the molecule is CCOP(=O)(Cc1cc(OCCOC)ccc1OCCOC)OCC. The average molecular weight is 376 g/mol. The van der Waals surface area contributed by atoms with Crippen LogP contribution in [-0.4, -0.2) is 53.9 Å². The molecule has 1 rings (SSSR count). The highest BCUT2D eigenvalue weighted by Crippen LogP contribution is 2.52. The van der Waals surface area contributed by atoms with Gasteiger partial charge in [-0.15, -0.1) is 0 Å². The lowest BCUT2D eigenvalue weighted by Gasteiger charge is -2.19. The fraction of sp³-hybridized carbons (Fsp3) is 0.647. The first-order chi connectivity index (χ1) is 12.1. The van der Waals surface area contributed by atoms with E-state index in [4.69, 9.17) is 28.0 Å². The maximum Gasteiger partial charge on any atom is 0.335 e. The number of hydrogen-bond acceptors (Lipinski definition) is 7. The maximum atomic E-state index is 12.9. The zero-order chi connectivity index (χ0) is 18.5. The first-order valence-electron chi connectivity index (χ1n) is 8.33. The van der Waals surface area contributed by atoms with E-state index in [9.17, 15) is 4.57 Å². The van der Waals surface area contributed by atoms with Crippen LogP contribution in [0.3, 0.4) is 0 Å². The molecule has 25 heavy (non-hydrogen) atoms. The summed E-state index contributed by atoms with van der Waals surface area (Å²) in [6, 6.07) is 5.38. The van der Waals surface area contributed by atoms with E-state index in [1.54, 1.807) is 46.3 Å². The molecule has 0 N–H and O–H groups in total. The Kier molecular flexibility index (Phi) is 10.8. The Morgan fingerprint density at radius 2 is 1.48 bits per heavy atom. The topological polar surface area (TPSA) is 72.5 Å². The van der Waals surface area contributed by atoms with Gasteiger partial charge in [-0.25, -0.2) is 0 Å². The van der Waals surface area contributed by atoms with Crippen LogP contribution in [0.15, 0.2) is 18.2 Å². The number of hydrogen-bond donors (Lipinski definition) is 0. The molecular weight excluding hydrogens is 347 g/mol. The van der Waals surface area contributed by atoms with E-state index in [1.165, 1.54) is 0 Å². The van der Waals surface area contributed by atoms with E-state index in [-0.39, 0.29) is 6.16 Å². The molecule has 0 atom stereocenters. The second-order valence-electron chi connectivity index (χ2n) is 5.06. The molecule has 144 valence electrons. The highest BCUT2D eigenvalue weighted by molar-refractivity contribution is 7.53. The van der Waals surface area contributed by atoms with E-state index >= 15 is 0 Å². The van der Waals surface area contributed by atoms with Crippen LogP contribution in [0, 0.1) is 0 Å². The molecule has 0 heterocycles. The summed E-state index contributed by atoms with van der Waals surface area (Å²) in [5.74, 6) is 1.25. The van der Waals surface area contributed by atoms with Crippen molar-refractivity contribution in [1.29, 1.82) is 0 Å². The molecule has 0 aliphatic carbocycles. The van der Waals surface area contributed by atoms with Crippen molar-refractivity contribution in [3.8, 4) is 11.5 Å². The van der Waals surface area contributed by atoms with E-state index in [1.807, 2.05) is 0 Å². The molecule has 0 aromatic heterocycles. The van der Waals surface area contributed by atoms with Crippen LogP contribution in [-0.2, 0) is 29.2 Å². The van der Waals surface area contributed by atoms with Gasteiger partial charge in [0.1, 0.15) is 24.7 Å². The smallest absolute Gasteiger partial charge is 0.335 e. The van der Waals surface area contributed by atoms with Crippen LogP contribution in [0.4, 0.5) is 0 Å². The lowest BCUT2D eigenvalue weighted by Crippen LogP contribution is -2.08. The molecular formula is C17H29O7P. The monoisotopic (exact) mass is 376 g/mol. The molecule has 1 aromatic rings. The van der Waals surface area contributed by atoms with Gasteiger partial charge in [0.05, 0.1) is 32.6 Å². The summed E-state index contributed by atoms with van der Waals surface area (Å²) in [6.07, 6.45) is 0.110. The van der Waals surface area contributed by atoms with Crippen molar-refractivity contribution in [3.63, 3.8) is 0 Å². The first-order valence-corrected chi connectivity index (χ1v) is 10.1. The second-order valence-corrected chi connectivity index (χ2v) is 7.11. The van der Waals surface area contributed by atoms with Crippen molar-refractivity contribution in [2.45, 2.75) is 20.0 Å². The average Bonchev–Trinajstić information content (AvgIpc) is 2.57. The number of methoxy groups -OCH3 is 2. The molecule has 8 heteroatoms. The van der Waals surface area contributed by atoms with Gasteiger partial charge in [-0.3, -0.25) is 4.57 Å². The Bertz CT molecular complexity index is 526. The van der Waals surface area contributed by atoms with E-state index in [0.717, 1.165) is 0 Å². The predicted molar refractivity (Wildman–Crippen MR) is 95.7 cm³/mol. The summed E-state index contributed by atoms with van der Waals surface area (Å²) < 4.78 is 45.0. The normalized spacial score (nSPS) is 11.5. The van der Waals surface area contributed by atoms with E-state index in [2.05, 4.69) is 0 Å². The van der Waals surface area contributed by atoms with Crippen LogP contribution in [0.1, 0.15) is 19.4 Å². The van der Waals surface area contributed by atoms with Gasteiger partial charge < -0.3 is 28.0 Å². The molecule has 0 radical (unpaired) electrons. The Morgan fingerprint density at radius 3 is 2.04 bits per heavy atom. The van der Waals surface area contributed by atoms with Crippen molar-refractivity contribution in [1.82, 2.24) is 0 Å². The minimum Gasteiger partial charge on any atom is -0.491 e. The quantitative estimate of drug-likeness (QED) is 0.363. The minimum atomic E-state index is -3.25. The van der Waals surface area contributed by atoms with E-state index < -0.39 is 7.60 Å². The fourth-order valence-electron chi connectivity index (χ4n) is 2.12. The number of rotatable bonds is 14. The molecule has 0 saturated carbocycles. The van der Waals surface area contributed by atoms with Gasteiger partial charge in [-0.05, 0) is 32.0 Å². The number of benzene rings is 1. The highest BCUT2D eigenvalue weighted by atomic mass is 31.2. The summed E-state index contributed by atoms with van der Waals surface area (Å²) >= 11 is 0. The molecule has 0 aliphatic rings. The Hall–Kier alpha value is -1.11. The Labute approximate surface area is 150 Å². The third-order valence-corrected chi connectivity index (χ3v) is 5.18. The molecule has 0 bridgehead atoms. The molecule has 0 amide bonds. The molecule has 0 spiro atoms. The van der Waals surface area contributed by atoms with Crippen LogP contribution < -0.4 is 9.47 Å². The largest absolute Gasteiger partial charge is 0.491 e. The van der Waals surface area contributed by atoms with Crippen LogP contribution in [0.2, 0.25) is 0 Å². The third-order valence-electron chi connectivity index (χ3n) is 3.15. The van der Waals surface area contributed by atoms with Crippen LogP contribution >= 0.6 is 7.60 Å². The van der Waals surface area contributed by atoms with Gasteiger partial charge in [0.25, 0.3) is 0 Å². The molecule has 7 nitrogen and oxygen atoms in total. The number of ether oxygens (including phenoxy) is 4. The summed E-state index contributed by atoms with van der Waals surface area (Å²) in [7, 11) is -0.0306. The summed E-state index contributed by atoms with van der Waals surface area (Å²) in [6.45, 7) is 5.94. The zero-order valence-electron chi connectivity index (χ0n) is 15.5. The minimum absolute atomic E-state index is 0.110. The molecule has 0 unspecified atom stereocenters. The van der Waals surface area contributed by atoms with Crippen molar-refractivity contribution >= 4 is 7.60 Å². The zero-order valence-corrected chi connectivity index (χ0v) is 16.4. The predicted octanol–water partition coefficient (Wildman–Crippen LogP) is 3.50. The molecule has 1 aromatic carbocycles. The van der Waals surface area contributed by atoms with Gasteiger partial charge >= 0.3 is 7.60 Å². The van der Waals surface area contributed by atoms with Crippen molar-refractivity contribution in [3.05, 3.63) is 23.8 Å². The molecule has 0 saturated heterocycles. The van der Waals surface area contributed by atoms with Gasteiger partial charge in [0.2, 0.25) is 0 Å². The molecule has 0 fully saturated rings. The lowest BCUT2D eigenvalue weighted by atomic mass is 10.2. The fourth-order valence-corrected chi connectivity index (χ4v) is 3.83. The maximum absolute atomic E-state index is 12.9. The van der Waals surface area contributed by atoms with Gasteiger partial charge in [-0.1, -0.05) is 0 Å². The van der Waals surface area contributed by atoms with E-state index in [0.29, 0.717) is 56.7 Å². The summed E-state index contributed by atoms with van der Waals surface area (Å²) in [4.78, 5) is 0. The van der Waals surface area contributed by atoms with Crippen molar-refractivity contribution in [2.24, 2.45) is 0 Å². The molecule has 0 aliphatic heterocycles. The van der Waals surface area contributed by atoms with Crippen LogP contribution in [0.5, 0.6) is 11.5 Å². The van der Waals surface area contributed by atoms with Crippen molar-refractivity contribution < 1.29 is 32.6 Å². The summed E-state index contributed by atoms with van der Waals surface area (Å²) in [5.41, 5.74) is 0.705. The van der Waals surface area contributed by atoms with Crippen LogP contribution in [0.25, 0.3) is 0 Å². The summed E-state index contributed by atoms with van der Waals surface area (Å²) in [5, 5.41) is 0. The van der Waals surface area contributed by atoms with Gasteiger partial charge in [0, 0.05) is 19.8 Å².